The lowest BCUT2D eigenvalue weighted by molar-refractivity contribution is 0.536. The molecule has 0 atom stereocenters. The van der Waals surface area contributed by atoms with Crippen LogP contribution in [0.5, 0.6) is 0 Å². The van der Waals surface area contributed by atoms with E-state index in [9.17, 15) is 0 Å². The Hall–Kier alpha value is -0.830. The summed E-state index contributed by atoms with van der Waals surface area (Å²) in [7, 11) is 2.07. The fraction of sp³-hybridized carbons (Fsp3) is 0.727. The average molecular weight is 195 g/mol. The molecule has 0 radical (unpaired) electrons. The predicted octanol–water partition coefficient (Wildman–Crippen LogP) is 1.78. The lowest BCUT2D eigenvalue weighted by Crippen LogP contribution is -2.21. The van der Waals surface area contributed by atoms with Gasteiger partial charge in [0.1, 0.15) is 5.82 Å². The van der Waals surface area contributed by atoms with E-state index in [0.29, 0.717) is 5.92 Å². The van der Waals surface area contributed by atoms with Crippen LogP contribution in [-0.4, -0.2) is 16.1 Å². The van der Waals surface area contributed by atoms with Gasteiger partial charge < -0.3 is 9.88 Å². The van der Waals surface area contributed by atoms with Gasteiger partial charge in [-0.2, -0.15) is 0 Å². The van der Waals surface area contributed by atoms with Crippen molar-refractivity contribution in [2.75, 3.05) is 6.54 Å². The standard InChI is InChI=1S/C11H21N3/c1-8(2)6-12-7-11-13-9(3)10(4)14(11)5/h8,12H,6-7H2,1-5H3. The van der Waals surface area contributed by atoms with Crippen LogP contribution in [0.15, 0.2) is 0 Å². The van der Waals surface area contributed by atoms with Crippen molar-refractivity contribution in [3.63, 3.8) is 0 Å². The highest BCUT2D eigenvalue weighted by atomic mass is 15.1. The molecule has 0 bridgehead atoms. The van der Waals surface area contributed by atoms with Crippen LogP contribution in [0.1, 0.15) is 31.1 Å². The summed E-state index contributed by atoms with van der Waals surface area (Å²) in [5.41, 5.74) is 2.39. The van der Waals surface area contributed by atoms with E-state index in [4.69, 9.17) is 0 Å². The first-order valence-corrected chi connectivity index (χ1v) is 5.22. The summed E-state index contributed by atoms with van der Waals surface area (Å²) in [4.78, 5) is 4.51. The van der Waals surface area contributed by atoms with Gasteiger partial charge in [0.05, 0.1) is 12.2 Å². The number of rotatable bonds is 4. The molecule has 0 saturated heterocycles. The summed E-state index contributed by atoms with van der Waals surface area (Å²) in [5.74, 6) is 1.82. The normalized spacial score (nSPS) is 11.3. The van der Waals surface area contributed by atoms with E-state index in [1.165, 1.54) is 5.69 Å². The molecule has 0 aliphatic heterocycles. The molecule has 1 aromatic rings. The highest BCUT2D eigenvalue weighted by Crippen LogP contribution is 2.07. The van der Waals surface area contributed by atoms with Crippen LogP contribution >= 0.6 is 0 Å². The summed E-state index contributed by atoms with van der Waals surface area (Å²) in [6.07, 6.45) is 0. The van der Waals surface area contributed by atoms with E-state index >= 15 is 0 Å². The minimum atomic E-state index is 0.692. The summed E-state index contributed by atoms with van der Waals surface area (Å²) < 4.78 is 2.16. The van der Waals surface area contributed by atoms with E-state index in [2.05, 4.69) is 49.6 Å². The van der Waals surface area contributed by atoms with Crippen LogP contribution in [-0.2, 0) is 13.6 Å². The molecule has 1 heterocycles. The summed E-state index contributed by atoms with van der Waals surface area (Å²) >= 11 is 0. The monoisotopic (exact) mass is 195 g/mol. The maximum absolute atomic E-state index is 4.51. The molecule has 0 aliphatic carbocycles. The van der Waals surface area contributed by atoms with Crippen LogP contribution < -0.4 is 5.32 Å². The first kappa shape index (κ1) is 11.2. The number of aryl methyl sites for hydroxylation is 1. The number of aromatic nitrogens is 2. The minimum absolute atomic E-state index is 0.692. The lowest BCUT2D eigenvalue weighted by atomic mass is 10.2. The Bertz CT molecular complexity index is 300. The molecule has 1 aromatic heterocycles. The van der Waals surface area contributed by atoms with Gasteiger partial charge in [-0.15, -0.1) is 0 Å². The Morgan fingerprint density at radius 3 is 2.43 bits per heavy atom. The fourth-order valence-corrected chi connectivity index (χ4v) is 1.42. The van der Waals surface area contributed by atoms with Crippen molar-refractivity contribution in [3.8, 4) is 0 Å². The van der Waals surface area contributed by atoms with E-state index in [1.54, 1.807) is 0 Å². The van der Waals surface area contributed by atoms with Gasteiger partial charge in [0, 0.05) is 12.7 Å². The summed E-state index contributed by atoms with van der Waals surface area (Å²) in [6, 6.07) is 0. The molecular formula is C11H21N3. The summed E-state index contributed by atoms with van der Waals surface area (Å²) in [5, 5.41) is 3.40. The van der Waals surface area contributed by atoms with Crippen molar-refractivity contribution in [1.82, 2.24) is 14.9 Å². The lowest BCUT2D eigenvalue weighted by Gasteiger charge is -2.07. The molecule has 80 valence electrons. The zero-order valence-electron chi connectivity index (χ0n) is 9.89. The maximum Gasteiger partial charge on any atom is 0.122 e. The molecular weight excluding hydrogens is 174 g/mol. The van der Waals surface area contributed by atoms with Crippen molar-refractivity contribution in [2.24, 2.45) is 13.0 Å². The second-order valence-electron chi connectivity index (χ2n) is 4.28. The first-order chi connectivity index (χ1) is 6.52. The van der Waals surface area contributed by atoms with Crippen molar-refractivity contribution >= 4 is 0 Å². The van der Waals surface area contributed by atoms with Crippen LogP contribution in [0, 0.1) is 19.8 Å². The SMILES string of the molecule is Cc1nc(CNCC(C)C)n(C)c1C. The van der Waals surface area contributed by atoms with Gasteiger partial charge in [0.15, 0.2) is 0 Å². The Labute approximate surface area is 86.5 Å². The molecule has 0 saturated carbocycles. The highest BCUT2D eigenvalue weighted by Gasteiger charge is 2.06. The van der Waals surface area contributed by atoms with Gasteiger partial charge in [-0.05, 0) is 26.3 Å². The smallest absolute Gasteiger partial charge is 0.122 e. The average Bonchev–Trinajstić information content (AvgIpc) is 2.33. The molecule has 1 rings (SSSR count). The molecule has 0 aliphatic rings. The number of nitrogens with zero attached hydrogens (tertiary/aromatic N) is 2. The van der Waals surface area contributed by atoms with Crippen molar-refractivity contribution < 1.29 is 0 Å². The molecule has 3 heteroatoms. The highest BCUT2D eigenvalue weighted by molar-refractivity contribution is 5.13. The number of imidazole rings is 1. The van der Waals surface area contributed by atoms with Gasteiger partial charge in [-0.1, -0.05) is 13.8 Å². The van der Waals surface area contributed by atoms with Crippen molar-refractivity contribution in [2.45, 2.75) is 34.2 Å². The molecule has 0 unspecified atom stereocenters. The maximum atomic E-state index is 4.51. The van der Waals surface area contributed by atoms with Gasteiger partial charge in [0.2, 0.25) is 0 Å². The Morgan fingerprint density at radius 1 is 1.36 bits per heavy atom. The van der Waals surface area contributed by atoms with E-state index < -0.39 is 0 Å². The first-order valence-electron chi connectivity index (χ1n) is 5.22. The Morgan fingerprint density at radius 2 is 2.00 bits per heavy atom. The third-order valence-electron chi connectivity index (χ3n) is 2.55. The van der Waals surface area contributed by atoms with E-state index in [0.717, 1.165) is 24.6 Å². The van der Waals surface area contributed by atoms with Crippen LogP contribution in [0.3, 0.4) is 0 Å². The van der Waals surface area contributed by atoms with E-state index in [-0.39, 0.29) is 0 Å². The fourth-order valence-electron chi connectivity index (χ4n) is 1.42. The van der Waals surface area contributed by atoms with Gasteiger partial charge >= 0.3 is 0 Å². The second kappa shape index (κ2) is 4.60. The zero-order valence-corrected chi connectivity index (χ0v) is 9.89. The Balaban J connectivity index is 2.55. The zero-order chi connectivity index (χ0) is 10.7. The minimum Gasteiger partial charge on any atom is -0.334 e. The molecule has 0 amide bonds. The second-order valence-corrected chi connectivity index (χ2v) is 4.28. The third-order valence-corrected chi connectivity index (χ3v) is 2.55. The molecule has 0 aromatic carbocycles. The van der Waals surface area contributed by atoms with Gasteiger partial charge in [-0.25, -0.2) is 4.98 Å². The van der Waals surface area contributed by atoms with Crippen LogP contribution in [0.4, 0.5) is 0 Å². The quantitative estimate of drug-likeness (QED) is 0.793. The molecule has 0 fully saturated rings. The predicted molar refractivity (Wildman–Crippen MR) is 59.2 cm³/mol. The number of hydrogen-bond donors (Lipinski definition) is 1. The topological polar surface area (TPSA) is 29.9 Å². The van der Waals surface area contributed by atoms with Crippen LogP contribution in [0.2, 0.25) is 0 Å². The number of nitrogens with one attached hydrogen (secondary N) is 1. The van der Waals surface area contributed by atoms with Gasteiger partial charge in [0.25, 0.3) is 0 Å². The van der Waals surface area contributed by atoms with Gasteiger partial charge in [-0.3, -0.25) is 0 Å². The molecule has 3 nitrogen and oxygen atoms in total. The summed E-state index contributed by atoms with van der Waals surface area (Å²) in [6.45, 7) is 10.5. The number of hydrogen-bond acceptors (Lipinski definition) is 2. The molecule has 1 N–H and O–H groups in total. The van der Waals surface area contributed by atoms with Crippen molar-refractivity contribution in [1.29, 1.82) is 0 Å². The largest absolute Gasteiger partial charge is 0.334 e. The van der Waals surface area contributed by atoms with Crippen LogP contribution in [0.25, 0.3) is 0 Å². The Kier molecular flexibility index (Phi) is 3.69. The molecule has 14 heavy (non-hydrogen) atoms. The van der Waals surface area contributed by atoms with Crippen molar-refractivity contribution in [3.05, 3.63) is 17.2 Å². The van der Waals surface area contributed by atoms with E-state index in [1.807, 2.05) is 0 Å². The third kappa shape index (κ3) is 2.58. The molecule has 0 spiro atoms.